The highest BCUT2D eigenvalue weighted by molar-refractivity contribution is 5.93. The largest absolute Gasteiger partial charge is 0.398 e. The first-order valence-corrected chi connectivity index (χ1v) is 7.72. The summed E-state index contributed by atoms with van der Waals surface area (Å²) in [4.78, 5) is 15.7. The predicted octanol–water partition coefficient (Wildman–Crippen LogP) is 3.09. The minimum absolute atomic E-state index is 0.136. The number of anilines is 1. The number of hydrogen-bond donors (Lipinski definition) is 2. The molecule has 114 valence electrons. The van der Waals surface area contributed by atoms with Crippen LogP contribution in [0.2, 0.25) is 0 Å². The molecule has 0 saturated carbocycles. The van der Waals surface area contributed by atoms with Crippen LogP contribution in [0.3, 0.4) is 0 Å². The number of nitrogen functional groups attached to an aromatic ring is 1. The first-order chi connectivity index (χ1) is 11.2. The van der Waals surface area contributed by atoms with Crippen LogP contribution >= 0.6 is 0 Å². The monoisotopic (exact) mass is 303 g/mol. The second kappa shape index (κ2) is 5.39. The van der Waals surface area contributed by atoms with Crippen molar-refractivity contribution in [2.45, 2.75) is 12.3 Å². The summed E-state index contributed by atoms with van der Waals surface area (Å²) in [6.45, 7) is 0.732. The summed E-state index contributed by atoms with van der Waals surface area (Å²) in [6, 6.07) is 16.4. The maximum absolute atomic E-state index is 11.3. The molecule has 0 radical (unpaired) electrons. The summed E-state index contributed by atoms with van der Waals surface area (Å²) in [5.74, 6) is 0.421. The van der Waals surface area contributed by atoms with E-state index in [0.29, 0.717) is 6.42 Å². The smallest absolute Gasteiger partial charge is 0.220 e. The Kier molecular flexibility index (Phi) is 3.23. The van der Waals surface area contributed by atoms with Gasteiger partial charge in [-0.05, 0) is 34.9 Å². The number of pyridine rings is 1. The summed E-state index contributed by atoms with van der Waals surface area (Å²) in [5, 5.41) is 3.85. The van der Waals surface area contributed by atoms with E-state index in [1.165, 1.54) is 5.56 Å². The third-order valence-electron chi connectivity index (χ3n) is 4.47. The SMILES string of the molecule is Nc1ccnc2ccc(-c3ccc(C4CNC(=O)C4)cc3)cc12. The van der Waals surface area contributed by atoms with Gasteiger partial charge < -0.3 is 11.1 Å². The van der Waals surface area contributed by atoms with Gasteiger partial charge in [0.05, 0.1) is 5.52 Å². The molecular weight excluding hydrogens is 286 g/mol. The quantitative estimate of drug-likeness (QED) is 0.764. The number of benzene rings is 2. The van der Waals surface area contributed by atoms with Gasteiger partial charge in [-0.3, -0.25) is 9.78 Å². The lowest BCUT2D eigenvalue weighted by Crippen LogP contribution is -2.13. The first-order valence-electron chi connectivity index (χ1n) is 7.72. The molecule has 1 aromatic heterocycles. The zero-order valence-electron chi connectivity index (χ0n) is 12.6. The third-order valence-corrected chi connectivity index (χ3v) is 4.47. The van der Waals surface area contributed by atoms with Gasteiger partial charge in [-0.15, -0.1) is 0 Å². The van der Waals surface area contributed by atoms with Crippen LogP contribution in [0.15, 0.2) is 54.7 Å². The van der Waals surface area contributed by atoms with Crippen LogP contribution in [-0.2, 0) is 4.79 Å². The molecule has 1 saturated heterocycles. The fraction of sp³-hybridized carbons (Fsp3) is 0.158. The van der Waals surface area contributed by atoms with Crippen LogP contribution in [0, 0.1) is 0 Å². The second-order valence-corrected chi connectivity index (χ2v) is 5.96. The van der Waals surface area contributed by atoms with Gasteiger partial charge in [0.2, 0.25) is 5.91 Å². The molecule has 1 amide bonds. The standard InChI is InChI=1S/C19H17N3O/c20-17-7-8-21-18-6-5-14(9-16(17)18)12-1-3-13(4-2-12)15-10-19(23)22-11-15/h1-9,15H,10-11H2,(H2,20,21)(H,22,23). The Labute approximate surface area is 134 Å². The Balaban J connectivity index is 1.68. The van der Waals surface area contributed by atoms with E-state index in [0.717, 1.165) is 34.3 Å². The van der Waals surface area contributed by atoms with Crippen LogP contribution in [0.4, 0.5) is 5.69 Å². The maximum Gasteiger partial charge on any atom is 0.220 e. The van der Waals surface area contributed by atoms with Gasteiger partial charge in [0.15, 0.2) is 0 Å². The Morgan fingerprint density at radius 3 is 2.57 bits per heavy atom. The lowest BCUT2D eigenvalue weighted by molar-refractivity contribution is -0.119. The van der Waals surface area contributed by atoms with Gasteiger partial charge in [-0.2, -0.15) is 0 Å². The molecule has 1 atom stereocenters. The highest BCUT2D eigenvalue weighted by Gasteiger charge is 2.22. The highest BCUT2D eigenvalue weighted by Crippen LogP contribution is 2.29. The molecule has 4 nitrogen and oxygen atoms in total. The molecule has 1 aliphatic heterocycles. The van der Waals surface area contributed by atoms with Gasteiger partial charge in [0, 0.05) is 36.2 Å². The lowest BCUT2D eigenvalue weighted by Gasteiger charge is -2.10. The molecule has 0 spiro atoms. The van der Waals surface area contributed by atoms with Crippen molar-refractivity contribution in [3.8, 4) is 11.1 Å². The normalized spacial score (nSPS) is 17.4. The molecule has 0 aliphatic carbocycles. The highest BCUT2D eigenvalue weighted by atomic mass is 16.1. The number of nitrogens with two attached hydrogens (primary N) is 1. The van der Waals surface area contributed by atoms with Crippen LogP contribution in [-0.4, -0.2) is 17.4 Å². The van der Waals surface area contributed by atoms with Crippen molar-refractivity contribution in [1.82, 2.24) is 10.3 Å². The number of hydrogen-bond acceptors (Lipinski definition) is 3. The van der Waals surface area contributed by atoms with Crippen LogP contribution in [0.1, 0.15) is 17.9 Å². The van der Waals surface area contributed by atoms with Gasteiger partial charge in [0.25, 0.3) is 0 Å². The molecule has 1 fully saturated rings. The summed E-state index contributed by atoms with van der Waals surface area (Å²) in [5.41, 5.74) is 11.1. The van der Waals surface area contributed by atoms with Crippen molar-refractivity contribution >= 4 is 22.5 Å². The molecular formula is C19H17N3O. The Hall–Kier alpha value is -2.88. The molecule has 0 bridgehead atoms. The number of carbonyl (C=O) groups is 1. The summed E-state index contributed by atoms with van der Waals surface area (Å²) < 4.78 is 0. The van der Waals surface area contributed by atoms with Gasteiger partial charge in [0.1, 0.15) is 0 Å². The zero-order chi connectivity index (χ0) is 15.8. The summed E-state index contributed by atoms with van der Waals surface area (Å²) in [6.07, 6.45) is 2.31. The fourth-order valence-electron chi connectivity index (χ4n) is 3.14. The molecule has 1 unspecified atom stereocenters. The first kappa shape index (κ1) is 13.8. The maximum atomic E-state index is 11.3. The number of rotatable bonds is 2. The molecule has 3 aromatic rings. The number of nitrogens with one attached hydrogen (secondary N) is 1. The van der Waals surface area contributed by atoms with Crippen LogP contribution < -0.4 is 11.1 Å². The number of fused-ring (bicyclic) bond motifs is 1. The van der Waals surface area contributed by atoms with Crippen LogP contribution in [0.5, 0.6) is 0 Å². The van der Waals surface area contributed by atoms with Gasteiger partial charge in [-0.1, -0.05) is 30.3 Å². The van der Waals surface area contributed by atoms with E-state index in [1.807, 2.05) is 12.1 Å². The van der Waals surface area contributed by atoms with E-state index in [-0.39, 0.29) is 11.8 Å². The molecule has 3 N–H and O–H groups in total. The van der Waals surface area contributed by atoms with Gasteiger partial charge in [-0.25, -0.2) is 0 Å². The van der Waals surface area contributed by atoms with Crippen molar-refractivity contribution in [1.29, 1.82) is 0 Å². The van der Waals surface area contributed by atoms with Crippen molar-refractivity contribution in [2.75, 3.05) is 12.3 Å². The van der Waals surface area contributed by atoms with Crippen LogP contribution in [0.25, 0.3) is 22.0 Å². The minimum Gasteiger partial charge on any atom is -0.398 e. The predicted molar refractivity (Wildman–Crippen MR) is 92.0 cm³/mol. The number of carbonyl (C=O) groups excluding carboxylic acids is 1. The van der Waals surface area contributed by atoms with Crippen molar-refractivity contribution < 1.29 is 4.79 Å². The Bertz CT molecular complexity index is 887. The average molecular weight is 303 g/mol. The molecule has 1 aliphatic rings. The lowest BCUT2D eigenvalue weighted by atomic mass is 9.95. The van der Waals surface area contributed by atoms with Crippen molar-refractivity contribution in [3.63, 3.8) is 0 Å². The van der Waals surface area contributed by atoms with E-state index in [4.69, 9.17) is 5.73 Å². The second-order valence-electron chi connectivity index (χ2n) is 5.96. The summed E-state index contributed by atoms with van der Waals surface area (Å²) >= 11 is 0. The van der Waals surface area contributed by atoms with Gasteiger partial charge >= 0.3 is 0 Å². The molecule has 4 rings (SSSR count). The van der Waals surface area contributed by atoms with E-state index >= 15 is 0 Å². The van der Waals surface area contributed by atoms with E-state index in [9.17, 15) is 4.79 Å². The number of aromatic nitrogens is 1. The van der Waals surface area contributed by atoms with Crippen molar-refractivity contribution in [3.05, 3.63) is 60.3 Å². The number of nitrogens with zero attached hydrogens (tertiary/aromatic N) is 1. The minimum atomic E-state index is 0.136. The Morgan fingerprint density at radius 2 is 1.83 bits per heavy atom. The third kappa shape index (κ3) is 2.52. The fourth-order valence-corrected chi connectivity index (χ4v) is 3.14. The molecule has 2 heterocycles. The zero-order valence-corrected chi connectivity index (χ0v) is 12.6. The topological polar surface area (TPSA) is 68.0 Å². The van der Waals surface area contributed by atoms with Crippen molar-refractivity contribution in [2.24, 2.45) is 0 Å². The molecule has 2 aromatic carbocycles. The van der Waals surface area contributed by atoms with E-state index < -0.39 is 0 Å². The van der Waals surface area contributed by atoms with E-state index in [2.05, 4.69) is 46.7 Å². The molecule has 4 heteroatoms. The number of amides is 1. The average Bonchev–Trinajstić information content (AvgIpc) is 3.02. The Morgan fingerprint density at radius 1 is 1.04 bits per heavy atom. The summed E-state index contributed by atoms with van der Waals surface area (Å²) in [7, 11) is 0. The van der Waals surface area contributed by atoms with E-state index in [1.54, 1.807) is 6.20 Å². The molecule has 23 heavy (non-hydrogen) atoms.